The van der Waals surface area contributed by atoms with Gasteiger partial charge in [-0.15, -0.1) is 0 Å². The molecule has 0 bridgehead atoms. The van der Waals surface area contributed by atoms with Gasteiger partial charge in [0.25, 0.3) is 0 Å². The maximum absolute atomic E-state index is 10.9. The molecule has 0 aliphatic carbocycles. The van der Waals surface area contributed by atoms with Crippen molar-refractivity contribution < 1.29 is 19.1 Å². The Bertz CT molecular complexity index is 194. The van der Waals surface area contributed by atoms with Gasteiger partial charge in [-0.25, -0.2) is 0 Å². The fraction of sp³-hybridized carbons (Fsp3) is 0.750. The van der Waals surface area contributed by atoms with Crippen LogP contribution in [0.1, 0.15) is 13.3 Å². The Hall–Kier alpha value is -0.360. The molecule has 0 rings (SSSR count). The smallest absolute Gasteiger partial charge is 0.318 e. The van der Waals surface area contributed by atoms with Crippen molar-refractivity contribution in [3.8, 4) is 0 Å². The molecule has 14 heavy (non-hydrogen) atoms. The van der Waals surface area contributed by atoms with Crippen molar-refractivity contribution in [3.63, 3.8) is 0 Å². The number of hydrogen-bond donors (Lipinski definition) is 2. The zero-order chi connectivity index (χ0) is 11.0. The van der Waals surface area contributed by atoms with E-state index < -0.39 is 11.2 Å². The Kier molecular flexibility index (Phi) is 7.78. The van der Waals surface area contributed by atoms with E-state index in [1.165, 1.54) is 0 Å². The van der Waals surface area contributed by atoms with Gasteiger partial charge < -0.3 is 9.47 Å². The highest BCUT2D eigenvalue weighted by Gasteiger charge is 2.08. The van der Waals surface area contributed by atoms with Crippen molar-refractivity contribution in [3.05, 3.63) is 0 Å². The fourth-order valence-electron chi connectivity index (χ4n) is 0.582. The molecule has 0 aromatic rings. The molecule has 0 aromatic heterocycles. The van der Waals surface area contributed by atoms with E-state index in [0.29, 0.717) is 5.75 Å². The van der Waals surface area contributed by atoms with Crippen LogP contribution in [0, 0.1) is 0 Å². The van der Waals surface area contributed by atoms with Gasteiger partial charge in [0.15, 0.2) is 0 Å². The molecular weight excluding hydrogens is 224 g/mol. The lowest BCUT2D eigenvalue weighted by Gasteiger charge is -2.06. The summed E-state index contributed by atoms with van der Waals surface area (Å²) in [6.07, 6.45) is 0.264. The molecule has 1 atom stereocenters. The van der Waals surface area contributed by atoms with Crippen LogP contribution in [0.25, 0.3) is 0 Å². The quantitative estimate of drug-likeness (QED) is 0.406. The first-order chi connectivity index (χ1) is 6.57. The van der Waals surface area contributed by atoms with Crippen LogP contribution in [0.4, 0.5) is 0 Å². The van der Waals surface area contributed by atoms with Gasteiger partial charge in [-0.05, 0) is 6.92 Å². The van der Waals surface area contributed by atoms with Crippen molar-refractivity contribution >= 4 is 37.2 Å². The number of carbonyl (C=O) groups is 2. The van der Waals surface area contributed by atoms with Crippen LogP contribution >= 0.6 is 25.3 Å². The highest BCUT2D eigenvalue weighted by Crippen LogP contribution is 1.96. The highest BCUT2D eigenvalue weighted by atomic mass is 32.1. The van der Waals surface area contributed by atoms with Crippen molar-refractivity contribution in [2.24, 2.45) is 0 Å². The summed E-state index contributed by atoms with van der Waals surface area (Å²) in [5.41, 5.74) is 0. The van der Waals surface area contributed by atoms with E-state index in [1.807, 2.05) is 0 Å². The van der Waals surface area contributed by atoms with Crippen molar-refractivity contribution in [1.29, 1.82) is 0 Å². The lowest BCUT2D eigenvalue weighted by Crippen LogP contribution is -2.18. The first kappa shape index (κ1) is 13.6. The van der Waals surface area contributed by atoms with Crippen LogP contribution in [0.3, 0.4) is 0 Å². The lowest BCUT2D eigenvalue weighted by molar-refractivity contribution is -0.151. The second-order valence-electron chi connectivity index (χ2n) is 2.54. The summed E-state index contributed by atoms with van der Waals surface area (Å²) in [5, 5.41) is -0.455. The number of ether oxygens (including phenoxy) is 2. The molecule has 0 amide bonds. The standard InChI is InChI=1S/C8H14O4S2/c1-6(14)8(10)12-4-3-11-7(9)2-5-13/h6,13-14H,2-5H2,1H3. The monoisotopic (exact) mass is 238 g/mol. The molecule has 0 aliphatic rings. The third-order valence-corrected chi connectivity index (χ3v) is 1.68. The minimum absolute atomic E-state index is 0.0715. The third kappa shape index (κ3) is 7.08. The van der Waals surface area contributed by atoms with Crippen LogP contribution < -0.4 is 0 Å². The number of carbonyl (C=O) groups excluding carboxylic acids is 2. The van der Waals surface area contributed by atoms with E-state index in [0.717, 1.165) is 0 Å². The lowest BCUT2D eigenvalue weighted by atomic mass is 10.5. The number of esters is 2. The van der Waals surface area contributed by atoms with Gasteiger partial charge in [-0.1, -0.05) is 0 Å². The van der Waals surface area contributed by atoms with E-state index in [-0.39, 0.29) is 25.6 Å². The number of thiol groups is 2. The Morgan fingerprint density at radius 1 is 1.29 bits per heavy atom. The second kappa shape index (κ2) is 7.99. The number of hydrogen-bond acceptors (Lipinski definition) is 6. The van der Waals surface area contributed by atoms with Crippen LogP contribution in [0.2, 0.25) is 0 Å². The van der Waals surface area contributed by atoms with E-state index in [2.05, 4.69) is 25.3 Å². The maximum atomic E-state index is 10.9. The molecule has 0 saturated carbocycles. The summed E-state index contributed by atoms with van der Waals surface area (Å²) < 4.78 is 9.44. The molecule has 0 aliphatic heterocycles. The average Bonchev–Trinajstić information content (AvgIpc) is 2.12. The topological polar surface area (TPSA) is 52.6 Å². The molecule has 82 valence electrons. The molecule has 6 heteroatoms. The van der Waals surface area contributed by atoms with Gasteiger partial charge in [0.05, 0.1) is 11.7 Å². The summed E-state index contributed by atoms with van der Waals surface area (Å²) in [6, 6.07) is 0. The molecule has 4 nitrogen and oxygen atoms in total. The zero-order valence-corrected chi connectivity index (χ0v) is 9.72. The Labute approximate surface area is 94.2 Å². The summed E-state index contributed by atoms with van der Waals surface area (Å²) in [5.74, 6) is -0.305. The molecule has 0 aromatic carbocycles. The normalized spacial score (nSPS) is 11.9. The summed E-state index contributed by atoms with van der Waals surface area (Å²) >= 11 is 7.75. The van der Waals surface area contributed by atoms with Gasteiger partial charge in [0, 0.05) is 5.75 Å². The van der Waals surface area contributed by atoms with Crippen molar-refractivity contribution in [2.45, 2.75) is 18.6 Å². The number of rotatable bonds is 6. The Morgan fingerprint density at radius 3 is 2.36 bits per heavy atom. The summed E-state index contributed by atoms with van der Waals surface area (Å²) in [4.78, 5) is 21.7. The van der Waals surface area contributed by atoms with Gasteiger partial charge in [-0.3, -0.25) is 9.59 Å². The van der Waals surface area contributed by atoms with E-state index >= 15 is 0 Å². The van der Waals surface area contributed by atoms with Crippen LogP contribution in [0.15, 0.2) is 0 Å². The molecular formula is C8H14O4S2. The van der Waals surface area contributed by atoms with Gasteiger partial charge in [0.2, 0.25) is 0 Å². The first-order valence-corrected chi connectivity index (χ1v) is 5.34. The second-order valence-corrected chi connectivity index (χ2v) is 3.76. The molecule has 0 spiro atoms. The zero-order valence-electron chi connectivity index (χ0n) is 7.93. The van der Waals surface area contributed by atoms with Gasteiger partial charge >= 0.3 is 11.9 Å². The van der Waals surface area contributed by atoms with Crippen LogP contribution in [0.5, 0.6) is 0 Å². The van der Waals surface area contributed by atoms with Gasteiger partial charge in [0.1, 0.15) is 13.2 Å². The summed E-state index contributed by atoms with van der Waals surface area (Å²) in [6.45, 7) is 1.76. The predicted molar refractivity (Wildman–Crippen MR) is 58.8 cm³/mol. The molecule has 0 saturated heterocycles. The van der Waals surface area contributed by atoms with E-state index in [4.69, 9.17) is 9.47 Å². The predicted octanol–water partition coefficient (Wildman–Crippen LogP) is 0.711. The highest BCUT2D eigenvalue weighted by molar-refractivity contribution is 7.81. The molecule has 0 fully saturated rings. The largest absolute Gasteiger partial charge is 0.462 e. The Morgan fingerprint density at radius 2 is 1.86 bits per heavy atom. The Balaban J connectivity index is 3.38. The maximum Gasteiger partial charge on any atom is 0.318 e. The first-order valence-electron chi connectivity index (χ1n) is 4.19. The average molecular weight is 238 g/mol. The van der Waals surface area contributed by atoms with Crippen molar-refractivity contribution in [1.82, 2.24) is 0 Å². The van der Waals surface area contributed by atoms with Crippen molar-refractivity contribution in [2.75, 3.05) is 19.0 Å². The van der Waals surface area contributed by atoms with Gasteiger partial charge in [-0.2, -0.15) is 25.3 Å². The molecule has 0 radical (unpaired) electrons. The molecule has 1 unspecified atom stereocenters. The minimum atomic E-state index is -0.455. The molecule has 0 heterocycles. The third-order valence-electron chi connectivity index (χ3n) is 1.25. The summed E-state index contributed by atoms with van der Waals surface area (Å²) in [7, 11) is 0. The minimum Gasteiger partial charge on any atom is -0.462 e. The fourth-order valence-corrected chi connectivity index (χ4v) is 0.839. The molecule has 0 N–H and O–H groups in total. The van der Waals surface area contributed by atoms with Crippen LogP contribution in [-0.2, 0) is 19.1 Å². The van der Waals surface area contributed by atoms with E-state index in [9.17, 15) is 9.59 Å². The van der Waals surface area contributed by atoms with E-state index in [1.54, 1.807) is 6.92 Å². The SMILES string of the molecule is CC(S)C(=O)OCCOC(=O)CCS. The van der Waals surface area contributed by atoms with Crippen LogP contribution in [-0.4, -0.2) is 36.2 Å².